The lowest BCUT2D eigenvalue weighted by Gasteiger charge is -2.00. The van der Waals surface area contributed by atoms with Gasteiger partial charge in [-0.05, 0) is 6.92 Å². The van der Waals surface area contributed by atoms with Crippen LogP contribution in [0.15, 0.2) is 12.4 Å². The largest absolute Gasteiger partial charge is 0.285 e. The van der Waals surface area contributed by atoms with Crippen molar-refractivity contribution in [1.29, 1.82) is 0 Å². The van der Waals surface area contributed by atoms with Gasteiger partial charge in [-0.3, -0.25) is 5.10 Å². The van der Waals surface area contributed by atoms with Gasteiger partial charge in [0.2, 0.25) is 0 Å². The zero-order chi connectivity index (χ0) is 10.1. The molecule has 0 fully saturated rings. The number of halogens is 2. The highest BCUT2D eigenvalue weighted by atomic mass is 35.5. The van der Waals surface area contributed by atoms with Crippen molar-refractivity contribution in [2.45, 2.75) is 6.92 Å². The number of hydrogen-bond acceptors (Lipinski definition) is 3. The van der Waals surface area contributed by atoms with Crippen molar-refractivity contribution in [3.8, 4) is 11.4 Å². The van der Waals surface area contributed by atoms with E-state index in [1.807, 2.05) is 0 Å². The van der Waals surface area contributed by atoms with Crippen molar-refractivity contribution in [3.63, 3.8) is 0 Å². The summed E-state index contributed by atoms with van der Waals surface area (Å²) in [6.45, 7) is 1.53. The highest BCUT2D eigenvalue weighted by Crippen LogP contribution is 2.19. The second-order valence-electron chi connectivity index (χ2n) is 2.72. The van der Waals surface area contributed by atoms with Crippen LogP contribution in [0.3, 0.4) is 0 Å². The van der Waals surface area contributed by atoms with Gasteiger partial charge in [0.15, 0.2) is 16.8 Å². The molecule has 0 aliphatic rings. The Morgan fingerprint density at radius 3 is 2.79 bits per heavy atom. The molecule has 0 radical (unpaired) electrons. The van der Waals surface area contributed by atoms with Gasteiger partial charge >= 0.3 is 0 Å². The lowest BCUT2D eigenvalue weighted by Crippen LogP contribution is -1.96. The lowest BCUT2D eigenvalue weighted by molar-refractivity contribution is 0.603. The van der Waals surface area contributed by atoms with Crippen LogP contribution in [-0.2, 0) is 0 Å². The number of nitrogens with zero attached hydrogens (tertiary/aromatic N) is 3. The van der Waals surface area contributed by atoms with E-state index in [1.54, 1.807) is 12.4 Å². The summed E-state index contributed by atoms with van der Waals surface area (Å²) >= 11 is 5.58. The summed E-state index contributed by atoms with van der Waals surface area (Å²) in [5.74, 6) is -0.221. The zero-order valence-corrected chi connectivity index (χ0v) is 8.01. The Bertz CT molecular complexity index is 431. The molecule has 6 heteroatoms. The van der Waals surface area contributed by atoms with Gasteiger partial charge in [0.25, 0.3) is 0 Å². The maximum atomic E-state index is 13.1. The quantitative estimate of drug-likeness (QED) is 0.736. The molecule has 0 aliphatic carbocycles. The topological polar surface area (TPSA) is 54.5 Å². The fraction of sp³-hybridized carbons (Fsp3) is 0.125. The van der Waals surface area contributed by atoms with Crippen LogP contribution in [0, 0.1) is 12.7 Å². The SMILES string of the molecule is Cc1nc(-c2cn[nH]c2)nc(Cl)c1F. The average molecular weight is 213 g/mol. The Morgan fingerprint density at radius 1 is 1.43 bits per heavy atom. The minimum Gasteiger partial charge on any atom is -0.285 e. The number of aryl methyl sites for hydroxylation is 1. The van der Waals surface area contributed by atoms with Crippen molar-refractivity contribution in [1.82, 2.24) is 20.2 Å². The standard InChI is InChI=1S/C8H6ClFN4/c1-4-6(10)7(9)14-8(13-4)5-2-11-12-3-5/h2-3H,1H3,(H,11,12). The van der Waals surface area contributed by atoms with Crippen LogP contribution in [0.5, 0.6) is 0 Å². The van der Waals surface area contributed by atoms with Gasteiger partial charge in [-0.2, -0.15) is 5.10 Å². The summed E-state index contributed by atoms with van der Waals surface area (Å²) in [6.07, 6.45) is 3.16. The first-order valence-corrected chi connectivity index (χ1v) is 4.25. The van der Waals surface area contributed by atoms with Crippen molar-refractivity contribution in [2.75, 3.05) is 0 Å². The van der Waals surface area contributed by atoms with Crippen LogP contribution in [0.2, 0.25) is 5.15 Å². The van der Waals surface area contributed by atoms with Gasteiger partial charge in [0.05, 0.1) is 17.5 Å². The number of aromatic amines is 1. The zero-order valence-electron chi connectivity index (χ0n) is 7.25. The third-order valence-electron chi connectivity index (χ3n) is 1.73. The molecular weight excluding hydrogens is 207 g/mol. The summed E-state index contributed by atoms with van der Waals surface area (Å²) < 4.78 is 13.1. The minimum atomic E-state index is -0.584. The molecule has 0 saturated heterocycles. The van der Waals surface area contributed by atoms with E-state index >= 15 is 0 Å². The van der Waals surface area contributed by atoms with E-state index in [0.717, 1.165) is 0 Å². The van der Waals surface area contributed by atoms with E-state index in [-0.39, 0.29) is 10.8 Å². The molecule has 0 aromatic carbocycles. The Hall–Kier alpha value is -1.49. The van der Waals surface area contributed by atoms with E-state index in [4.69, 9.17) is 11.6 Å². The first kappa shape index (κ1) is 9.08. The van der Waals surface area contributed by atoms with Crippen LogP contribution in [0.1, 0.15) is 5.69 Å². The van der Waals surface area contributed by atoms with Crippen LogP contribution < -0.4 is 0 Å². The number of rotatable bonds is 1. The predicted octanol–water partition coefficient (Wildman–Crippen LogP) is 1.97. The number of nitrogens with one attached hydrogen (secondary N) is 1. The second kappa shape index (κ2) is 3.34. The van der Waals surface area contributed by atoms with Crippen molar-refractivity contribution in [3.05, 3.63) is 29.1 Å². The molecular formula is C8H6ClFN4. The third kappa shape index (κ3) is 1.46. The number of aromatic nitrogens is 4. The smallest absolute Gasteiger partial charge is 0.181 e. The van der Waals surface area contributed by atoms with Crippen LogP contribution in [0.4, 0.5) is 4.39 Å². The molecule has 0 saturated carbocycles. The van der Waals surface area contributed by atoms with Crippen molar-refractivity contribution >= 4 is 11.6 Å². The van der Waals surface area contributed by atoms with Gasteiger partial charge in [0, 0.05) is 6.20 Å². The van der Waals surface area contributed by atoms with Gasteiger partial charge in [0.1, 0.15) is 0 Å². The predicted molar refractivity (Wildman–Crippen MR) is 49.3 cm³/mol. The first-order chi connectivity index (χ1) is 6.68. The van der Waals surface area contributed by atoms with E-state index < -0.39 is 5.82 Å². The molecule has 14 heavy (non-hydrogen) atoms. The molecule has 72 valence electrons. The molecule has 4 nitrogen and oxygen atoms in total. The first-order valence-electron chi connectivity index (χ1n) is 3.87. The Labute approximate surface area is 84.2 Å². The van der Waals surface area contributed by atoms with Crippen LogP contribution in [0.25, 0.3) is 11.4 Å². The molecule has 0 spiro atoms. The highest BCUT2D eigenvalue weighted by Gasteiger charge is 2.10. The second-order valence-corrected chi connectivity index (χ2v) is 3.08. The summed E-state index contributed by atoms with van der Waals surface area (Å²) in [7, 11) is 0. The third-order valence-corrected chi connectivity index (χ3v) is 1.98. The Kier molecular flexibility index (Phi) is 2.17. The molecule has 0 amide bonds. The monoisotopic (exact) mass is 212 g/mol. The average Bonchev–Trinajstić information content (AvgIpc) is 2.66. The maximum absolute atomic E-state index is 13.1. The molecule has 0 aliphatic heterocycles. The van der Waals surface area contributed by atoms with Gasteiger partial charge in [-0.15, -0.1) is 0 Å². The van der Waals surface area contributed by atoms with Gasteiger partial charge < -0.3 is 0 Å². The van der Waals surface area contributed by atoms with E-state index in [2.05, 4.69) is 20.2 Å². The molecule has 0 atom stereocenters. The van der Waals surface area contributed by atoms with Crippen LogP contribution >= 0.6 is 11.6 Å². The lowest BCUT2D eigenvalue weighted by atomic mass is 10.3. The minimum absolute atomic E-state index is 0.172. The summed E-state index contributed by atoms with van der Waals surface area (Å²) in [5.41, 5.74) is 0.899. The summed E-state index contributed by atoms with van der Waals surface area (Å²) in [5, 5.41) is 6.18. The Morgan fingerprint density at radius 2 is 2.21 bits per heavy atom. The molecule has 0 unspecified atom stereocenters. The fourth-order valence-electron chi connectivity index (χ4n) is 1.03. The van der Waals surface area contributed by atoms with Crippen LogP contribution in [-0.4, -0.2) is 20.2 Å². The van der Waals surface area contributed by atoms with Crippen molar-refractivity contribution in [2.24, 2.45) is 0 Å². The number of H-pyrrole nitrogens is 1. The molecule has 2 heterocycles. The highest BCUT2D eigenvalue weighted by molar-refractivity contribution is 6.29. The van der Waals surface area contributed by atoms with E-state index in [9.17, 15) is 4.39 Å². The van der Waals surface area contributed by atoms with Gasteiger partial charge in [-0.25, -0.2) is 14.4 Å². The normalized spacial score (nSPS) is 10.5. The summed E-state index contributed by atoms with van der Waals surface area (Å²) in [4.78, 5) is 7.74. The molecule has 1 N–H and O–H groups in total. The molecule has 0 bridgehead atoms. The summed E-state index contributed by atoms with van der Waals surface area (Å²) in [6, 6.07) is 0. The molecule has 2 aromatic rings. The Balaban J connectivity index is 2.57. The molecule has 2 aromatic heterocycles. The maximum Gasteiger partial charge on any atom is 0.181 e. The van der Waals surface area contributed by atoms with E-state index in [1.165, 1.54) is 6.92 Å². The number of hydrogen-bond donors (Lipinski definition) is 1. The van der Waals surface area contributed by atoms with Crippen molar-refractivity contribution < 1.29 is 4.39 Å². The van der Waals surface area contributed by atoms with Gasteiger partial charge in [-0.1, -0.05) is 11.6 Å². The molecule has 2 rings (SSSR count). The fourth-order valence-corrected chi connectivity index (χ4v) is 1.24. The van der Waals surface area contributed by atoms with E-state index in [0.29, 0.717) is 11.4 Å².